The van der Waals surface area contributed by atoms with Gasteiger partial charge in [-0.2, -0.15) is 0 Å². The summed E-state index contributed by atoms with van der Waals surface area (Å²) in [6, 6.07) is 12.7. The molecule has 2 aromatic carbocycles. The predicted octanol–water partition coefficient (Wildman–Crippen LogP) is 8.79. The molecule has 2 nitrogen and oxygen atoms in total. The molecule has 1 aliphatic heterocycles. The summed E-state index contributed by atoms with van der Waals surface area (Å²) in [5.41, 5.74) is 6.95. The van der Waals surface area contributed by atoms with Crippen molar-refractivity contribution in [1.82, 2.24) is 0 Å². The summed E-state index contributed by atoms with van der Waals surface area (Å²) >= 11 is -1.77. The monoisotopic (exact) mass is 564 g/mol. The summed E-state index contributed by atoms with van der Waals surface area (Å²) in [5.74, 6) is 0.850. The van der Waals surface area contributed by atoms with Gasteiger partial charge in [0.15, 0.2) is 0 Å². The van der Waals surface area contributed by atoms with Crippen molar-refractivity contribution in [3.05, 3.63) is 69.5 Å². The van der Waals surface area contributed by atoms with Crippen LogP contribution in [0.5, 0.6) is 5.75 Å². The molecule has 1 aliphatic rings. The second-order valence-corrected chi connectivity index (χ2v) is 16.1. The maximum atomic E-state index is 5.82. The molecule has 0 spiro atoms. The molecule has 0 bridgehead atoms. The fourth-order valence-electron chi connectivity index (χ4n) is 4.87. The first-order chi connectivity index (χ1) is 14.7. The van der Waals surface area contributed by atoms with Gasteiger partial charge in [0, 0.05) is 0 Å². The Kier molecular flexibility index (Phi) is 9.57. The third-order valence-corrected chi connectivity index (χ3v) is 7.42. The van der Waals surface area contributed by atoms with Gasteiger partial charge in [-0.15, -0.1) is 11.6 Å². The van der Waals surface area contributed by atoms with Crippen molar-refractivity contribution in [3.63, 3.8) is 0 Å². The fraction of sp³-hybridized carbons (Fsp3) is 0.519. The molecule has 1 fully saturated rings. The van der Waals surface area contributed by atoms with Crippen LogP contribution in [0.3, 0.4) is 0 Å². The first-order valence-corrected chi connectivity index (χ1v) is 16.6. The zero-order chi connectivity index (χ0) is 24.3. The SMILES string of the molecule is CC(C)Oc1ccccc1[CH]=[Ru]([Cl])[Cl].Cc1cc(C)c(C2[N-]C(C)(C)CC2(C)C)c(C)c1. The largest absolute Gasteiger partial charge is 0.650 e. The first-order valence-electron chi connectivity index (χ1n) is 11.1. The Labute approximate surface area is 208 Å². The summed E-state index contributed by atoms with van der Waals surface area (Å²) in [6.45, 7) is 19.8. The molecule has 0 radical (unpaired) electrons. The minimum absolute atomic E-state index is 0.109. The third kappa shape index (κ3) is 7.66. The molecule has 0 aliphatic carbocycles. The van der Waals surface area contributed by atoms with Crippen LogP contribution in [0, 0.1) is 26.2 Å². The van der Waals surface area contributed by atoms with Gasteiger partial charge in [-0.25, -0.2) is 0 Å². The molecular weight excluding hydrogens is 526 g/mol. The van der Waals surface area contributed by atoms with Crippen molar-refractivity contribution < 1.29 is 18.3 Å². The minimum atomic E-state index is -1.77. The number of benzene rings is 2. The van der Waals surface area contributed by atoms with E-state index in [2.05, 4.69) is 60.6 Å². The fourth-order valence-corrected chi connectivity index (χ4v) is 6.68. The number of para-hydroxylation sites is 1. The molecule has 0 amide bonds. The van der Waals surface area contributed by atoms with Gasteiger partial charge in [-0.3, -0.25) is 0 Å². The van der Waals surface area contributed by atoms with E-state index in [1.54, 1.807) is 0 Å². The molecule has 1 atom stereocenters. The summed E-state index contributed by atoms with van der Waals surface area (Å²) in [6.07, 6.45) is 1.33. The number of hydrogen-bond acceptors (Lipinski definition) is 1. The maximum absolute atomic E-state index is 5.82. The van der Waals surface area contributed by atoms with Crippen LogP contribution in [0.4, 0.5) is 0 Å². The van der Waals surface area contributed by atoms with Crippen molar-refractivity contribution >= 4 is 24.0 Å². The molecule has 1 saturated heterocycles. The first kappa shape index (κ1) is 27.5. The summed E-state index contributed by atoms with van der Waals surface area (Å²) in [4.78, 5) is 0. The van der Waals surface area contributed by atoms with Crippen LogP contribution in [-0.2, 0) is 13.5 Å². The molecule has 0 aromatic heterocycles. The third-order valence-electron chi connectivity index (χ3n) is 5.59. The minimum Gasteiger partial charge on any atom is -0.650 e. The van der Waals surface area contributed by atoms with E-state index >= 15 is 0 Å². The van der Waals surface area contributed by atoms with Crippen molar-refractivity contribution in [3.8, 4) is 5.75 Å². The van der Waals surface area contributed by atoms with Gasteiger partial charge in [0.05, 0.1) is 0 Å². The van der Waals surface area contributed by atoms with Gasteiger partial charge >= 0.3 is 97.8 Å². The smallest absolute Gasteiger partial charge is 0.0395 e. The van der Waals surface area contributed by atoms with Crippen LogP contribution in [0.15, 0.2) is 36.4 Å². The molecule has 3 rings (SSSR count). The van der Waals surface area contributed by atoms with Crippen LogP contribution in [-0.4, -0.2) is 16.3 Å². The average Bonchev–Trinajstić information content (AvgIpc) is 2.82. The van der Waals surface area contributed by atoms with Gasteiger partial charge in [0.1, 0.15) is 0 Å². The Morgan fingerprint density at radius 2 is 1.59 bits per heavy atom. The quantitative estimate of drug-likeness (QED) is 0.341. The second kappa shape index (κ2) is 11.1. The summed E-state index contributed by atoms with van der Waals surface area (Å²) in [7, 11) is 11.6. The van der Waals surface area contributed by atoms with E-state index in [1.165, 1.54) is 22.3 Å². The molecule has 2 aromatic rings. The van der Waals surface area contributed by atoms with Crippen molar-refractivity contribution in [2.24, 2.45) is 5.41 Å². The van der Waals surface area contributed by atoms with E-state index in [0.717, 1.165) is 17.7 Å². The van der Waals surface area contributed by atoms with E-state index < -0.39 is 13.5 Å². The molecular formula is C27H38Cl2NORu-. The second-order valence-electron chi connectivity index (χ2n) is 10.3. The standard InChI is InChI=1S/C17H26N.C10H12O.2ClH.Ru/c1-11-8-12(2)14(13(3)9-11)15-16(4,5)10-17(6,7)18-15;1-8(2)11-10-7-5-4-6-9(10)3;;;/h8-9,15H,10H2,1-7H3;3-8H,1-2H3;2*1H;/q-1;;;;+2/p-2. The van der Waals surface area contributed by atoms with Crippen LogP contribution >= 0.6 is 19.4 Å². The Bertz CT molecular complexity index is 939. The van der Waals surface area contributed by atoms with Crippen molar-refractivity contribution in [2.45, 2.75) is 86.4 Å². The van der Waals surface area contributed by atoms with Gasteiger partial charge in [-0.1, -0.05) is 57.4 Å². The van der Waals surface area contributed by atoms with E-state index in [1.807, 2.05) is 42.7 Å². The number of nitrogens with zero attached hydrogens (tertiary/aromatic N) is 1. The Morgan fingerprint density at radius 3 is 2.06 bits per heavy atom. The van der Waals surface area contributed by atoms with E-state index in [0.29, 0.717) is 6.04 Å². The van der Waals surface area contributed by atoms with Crippen molar-refractivity contribution in [1.29, 1.82) is 0 Å². The molecule has 0 N–H and O–H groups in total. The number of ether oxygens (including phenoxy) is 1. The van der Waals surface area contributed by atoms with E-state index in [9.17, 15) is 0 Å². The molecule has 32 heavy (non-hydrogen) atoms. The van der Waals surface area contributed by atoms with Crippen LogP contribution in [0.2, 0.25) is 0 Å². The molecule has 1 unspecified atom stereocenters. The molecule has 180 valence electrons. The predicted molar refractivity (Wildman–Crippen MR) is 138 cm³/mol. The molecule has 5 heteroatoms. The zero-order valence-electron chi connectivity index (χ0n) is 20.9. The van der Waals surface area contributed by atoms with Crippen LogP contribution in [0.25, 0.3) is 5.32 Å². The number of rotatable bonds is 4. The summed E-state index contributed by atoms with van der Waals surface area (Å²) < 4.78 is 7.51. The normalized spacial score (nSPS) is 19.2. The van der Waals surface area contributed by atoms with Gasteiger partial charge in [-0.05, 0) is 37.3 Å². The molecule has 1 heterocycles. The Morgan fingerprint density at radius 1 is 1.03 bits per heavy atom. The number of halogens is 2. The number of aryl methyl sites for hydroxylation is 3. The van der Waals surface area contributed by atoms with Crippen LogP contribution in [0.1, 0.15) is 81.8 Å². The van der Waals surface area contributed by atoms with E-state index in [-0.39, 0.29) is 17.1 Å². The average molecular weight is 565 g/mol. The van der Waals surface area contributed by atoms with E-state index in [4.69, 9.17) is 29.4 Å². The van der Waals surface area contributed by atoms with Gasteiger partial charge < -0.3 is 5.32 Å². The Hall–Kier alpha value is -0.727. The number of hydrogen-bond donors (Lipinski definition) is 0. The van der Waals surface area contributed by atoms with Gasteiger partial charge in [0.25, 0.3) is 0 Å². The zero-order valence-corrected chi connectivity index (χ0v) is 24.1. The molecule has 0 saturated carbocycles. The van der Waals surface area contributed by atoms with Gasteiger partial charge in [0.2, 0.25) is 0 Å². The topological polar surface area (TPSA) is 23.3 Å². The van der Waals surface area contributed by atoms with Crippen LogP contribution < -0.4 is 4.74 Å². The summed E-state index contributed by atoms with van der Waals surface area (Å²) in [5, 5.41) is 5.09. The maximum Gasteiger partial charge on any atom is -0.0395 e. The van der Waals surface area contributed by atoms with Crippen molar-refractivity contribution in [2.75, 3.05) is 0 Å². The Balaban J connectivity index is 0.000000235.